The van der Waals surface area contributed by atoms with Crippen LogP contribution in [0.25, 0.3) is 0 Å². The SMILES string of the molecule is O=C1CCC(N2C(=O)c3cccc(NC(=O)CCCCCOCCOCCOCCOCCOCCOCCOCCOCCOCCOCCOC(c4ccccc4)(c4ccccc4)c4ccccc4)c3C2=O)C(=O)N1. The average Bonchev–Trinajstić information content (AvgIpc) is 3.74. The molecule has 1 saturated heterocycles. The number of ether oxygens (including phenoxy) is 11. The van der Waals surface area contributed by atoms with Crippen molar-refractivity contribution in [2.24, 2.45) is 0 Å². The molecule has 5 amide bonds. The van der Waals surface area contributed by atoms with Crippen LogP contribution >= 0.6 is 0 Å². The predicted molar refractivity (Wildman–Crippen MR) is 284 cm³/mol. The van der Waals surface area contributed by atoms with Crippen molar-refractivity contribution in [3.63, 3.8) is 0 Å². The second-order valence-corrected chi connectivity index (χ2v) is 17.8. The Hall–Kier alpha value is -5.81. The molecule has 19 nitrogen and oxygen atoms in total. The molecule has 1 unspecified atom stereocenters. The standard InChI is InChI=1S/C58H75N3O16/c62-52(59-50-21-13-20-49-54(50)57(66)61(56(49)65)51-23-24-53(63)60-55(51)64)22-11-4-12-25-67-26-27-68-28-29-69-30-31-70-32-33-71-34-35-72-36-37-73-38-39-74-40-41-75-42-43-76-44-45-77-58(46-14-5-1-6-15-46,47-16-7-2-8-17-47)48-18-9-3-10-19-48/h1-3,5-10,13-21,51H,4,11-12,22-45H2,(H,59,62)(H,60,63,64). The quantitative estimate of drug-likeness (QED) is 0.0307. The van der Waals surface area contributed by atoms with Crippen LogP contribution in [0.15, 0.2) is 109 Å². The van der Waals surface area contributed by atoms with Crippen molar-refractivity contribution in [3.8, 4) is 0 Å². The summed E-state index contributed by atoms with van der Waals surface area (Å²) in [5, 5.41) is 4.92. The first-order chi connectivity index (χ1) is 37.9. The molecular weight excluding hydrogens is 995 g/mol. The molecule has 0 spiro atoms. The number of amides is 5. The van der Waals surface area contributed by atoms with Crippen LogP contribution in [0.3, 0.4) is 0 Å². The number of benzene rings is 4. The lowest BCUT2D eigenvalue weighted by Crippen LogP contribution is -2.54. The Morgan fingerprint density at radius 1 is 0.468 bits per heavy atom. The van der Waals surface area contributed by atoms with Crippen LogP contribution in [0.2, 0.25) is 0 Å². The molecule has 2 aliphatic heterocycles. The van der Waals surface area contributed by atoms with E-state index in [1.165, 1.54) is 6.07 Å². The molecule has 6 rings (SSSR count). The molecule has 77 heavy (non-hydrogen) atoms. The first-order valence-corrected chi connectivity index (χ1v) is 26.6. The van der Waals surface area contributed by atoms with E-state index in [0.29, 0.717) is 145 Å². The Morgan fingerprint density at radius 2 is 0.870 bits per heavy atom. The zero-order valence-corrected chi connectivity index (χ0v) is 44.0. The van der Waals surface area contributed by atoms with Crippen LogP contribution in [-0.2, 0) is 72.1 Å². The third-order valence-corrected chi connectivity index (χ3v) is 12.4. The summed E-state index contributed by atoms with van der Waals surface area (Å²) >= 11 is 0. The number of fused-ring (bicyclic) bond motifs is 1. The van der Waals surface area contributed by atoms with Crippen molar-refractivity contribution < 1.29 is 76.1 Å². The number of imide groups is 2. The van der Waals surface area contributed by atoms with Crippen LogP contribution in [0.5, 0.6) is 0 Å². The molecule has 2 N–H and O–H groups in total. The van der Waals surface area contributed by atoms with Crippen molar-refractivity contribution in [2.45, 2.75) is 50.2 Å². The van der Waals surface area contributed by atoms with Gasteiger partial charge < -0.3 is 57.4 Å². The largest absolute Gasteiger partial charge is 0.379 e. The van der Waals surface area contributed by atoms with E-state index >= 15 is 0 Å². The monoisotopic (exact) mass is 1070 g/mol. The van der Waals surface area contributed by atoms with Gasteiger partial charge in [0, 0.05) is 19.4 Å². The van der Waals surface area contributed by atoms with E-state index in [1.807, 2.05) is 54.6 Å². The third kappa shape index (κ3) is 20.2. The predicted octanol–water partition coefficient (Wildman–Crippen LogP) is 5.76. The number of unbranched alkanes of at least 4 members (excludes halogenated alkanes) is 2. The topological polar surface area (TPSA) is 214 Å². The van der Waals surface area contributed by atoms with E-state index in [4.69, 9.17) is 52.1 Å². The van der Waals surface area contributed by atoms with E-state index in [-0.39, 0.29) is 42.0 Å². The minimum Gasteiger partial charge on any atom is -0.379 e. The minimum absolute atomic E-state index is 0.0248. The Labute approximate surface area is 451 Å². The minimum atomic E-state index is -1.08. The maximum Gasteiger partial charge on any atom is 0.264 e. The Balaban J connectivity index is 0.633. The molecular formula is C58H75N3O16. The molecule has 2 heterocycles. The number of nitrogens with one attached hydrogen (secondary N) is 2. The summed E-state index contributed by atoms with van der Waals surface area (Å²) in [6.07, 6.45) is 2.42. The number of hydrogen-bond acceptors (Lipinski definition) is 16. The highest BCUT2D eigenvalue weighted by Crippen LogP contribution is 2.40. The molecule has 0 saturated carbocycles. The van der Waals surface area contributed by atoms with Gasteiger partial charge in [-0.3, -0.25) is 34.2 Å². The van der Waals surface area contributed by atoms with E-state index in [0.717, 1.165) is 34.4 Å². The fraction of sp³-hybridized carbons (Fsp3) is 0.500. The summed E-state index contributed by atoms with van der Waals surface area (Å²) in [6, 6.07) is 34.4. The highest BCUT2D eigenvalue weighted by atomic mass is 16.6. The van der Waals surface area contributed by atoms with Crippen LogP contribution in [0.4, 0.5) is 5.69 Å². The normalized spacial score (nSPS) is 14.5. The zero-order chi connectivity index (χ0) is 54.0. The molecule has 1 fully saturated rings. The number of carbonyl (C=O) groups is 5. The highest BCUT2D eigenvalue weighted by Gasteiger charge is 2.46. The fourth-order valence-corrected chi connectivity index (χ4v) is 8.60. The molecule has 2 aliphatic rings. The number of nitrogens with zero attached hydrogens (tertiary/aromatic N) is 1. The molecule has 0 aromatic heterocycles. The van der Waals surface area contributed by atoms with E-state index in [1.54, 1.807) is 12.1 Å². The van der Waals surface area contributed by atoms with Crippen LogP contribution in [0.1, 0.15) is 75.9 Å². The summed E-state index contributed by atoms with van der Waals surface area (Å²) in [5.74, 6) is -2.73. The van der Waals surface area contributed by atoms with Gasteiger partial charge >= 0.3 is 0 Å². The van der Waals surface area contributed by atoms with Gasteiger partial charge in [0.1, 0.15) is 11.6 Å². The molecule has 1 atom stereocenters. The Kier molecular flexibility index (Phi) is 27.9. The van der Waals surface area contributed by atoms with E-state index in [2.05, 4.69) is 47.0 Å². The summed E-state index contributed by atoms with van der Waals surface area (Å²) in [4.78, 5) is 63.8. The van der Waals surface area contributed by atoms with Gasteiger partial charge in [0.15, 0.2) is 0 Å². The summed E-state index contributed by atoms with van der Waals surface area (Å²) in [6.45, 7) is 9.58. The van der Waals surface area contributed by atoms with Gasteiger partial charge in [-0.1, -0.05) is 103 Å². The summed E-state index contributed by atoms with van der Waals surface area (Å²) in [5.41, 5.74) is 2.77. The fourth-order valence-electron chi connectivity index (χ4n) is 8.60. The zero-order valence-electron chi connectivity index (χ0n) is 44.0. The maximum absolute atomic E-state index is 13.2. The van der Waals surface area contributed by atoms with Crippen LogP contribution in [0, 0.1) is 0 Å². The van der Waals surface area contributed by atoms with Crippen molar-refractivity contribution in [2.75, 3.05) is 144 Å². The van der Waals surface area contributed by atoms with Gasteiger partial charge in [0.2, 0.25) is 17.7 Å². The molecule has 19 heteroatoms. The Morgan fingerprint density at radius 3 is 1.29 bits per heavy atom. The summed E-state index contributed by atoms with van der Waals surface area (Å²) in [7, 11) is 0. The molecule has 4 aromatic carbocycles. The van der Waals surface area contributed by atoms with E-state index in [9.17, 15) is 24.0 Å². The second-order valence-electron chi connectivity index (χ2n) is 17.8. The van der Waals surface area contributed by atoms with Crippen molar-refractivity contribution in [1.82, 2.24) is 10.2 Å². The van der Waals surface area contributed by atoms with Gasteiger partial charge in [-0.2, -0.15) is 0 Å². The molecule has 0 aliphatic carbocycles. The van der Waals surface area contributed by atoms with Gasteiger partial charge in [0.05, 0.1) is 149 Å². The van der Waals surface area contributed by atoms with Crippen LogP contribution < -0.4 is 10.6 Å². The average molecular weight is 1070 g/mol. The van der Waals surface area contributed by atoms with Gasteiger partial charge in [-0.25, -0.2) is 0 Å². The number of piperidine rings is 1. The molecule has 0 bridgehead atoms. The Bertz CT molecular complexity index is 2250. The van der Waals surface area contributed by atoms with Crippen molar-refractivity contribution in [3.05, 3.63) is 137 Å². The summed E-state index contributed by atoms with van der Waals surface area (Å²) < 4.78 is 62.8. The van der Waals surface area contributed by atoms with Crippen molar-refractivity contribution in [1.29, 1.82) is 0 Å². The van der Waals surface area contributed by atoms with Gasteiger partial charge in [-0.05, 0) is 48.1 Å². The first-order valence-electron chi connectivity index (χ1n) is 26.6. The number of anilines is 1. The number of rotatable bonds is 42. The lowest BCUT2D eigenvalue weighted by atomic mass is 9.80. The molecule has 418 valence electrons. The number of hydrogen-bond donors (Lipinski definition) is 2. The smallest absolute Gasteiger partial charge is 0.264 e. The lowest BCUT2D eigenvalue weighted by Gasteiger charge is -2.36. The third-order valence-electron chi connectivity index (χ3n) is 12.4. The van der Waals surface area contributed by atoms with Crippen LogP contribution in [-0.4, -0.2) is 179 Å². The number of carbonyl (C=O) groups excluding carboxylic acids is 5. The highest BCUT2D eigenvalue weighted by molar-refractivity contribution is 6.26. The van der Waals surface area contributed by atoms with Gasteiger partial charge in [0.25, 0.3) is 11.8 Å². The molecule has 0 radical (unpaired) electrons. The first kappa shape index (κ1) is 60.4. The second kappa shape index (κ2) is 35.6. The molecule has 4 aromatic rings. The van der Waals surface area contributed by atoms with Gasteiger partial charge in [-0.15, -0.1) is 0 Å². The maximum atomic E-state index is 13.2. The van der Waals surface area contributed by atoms with Crippen molar-refractivity contribution >= 4 is 35.2 Å². The lowest BCUT2D eigenvalue weighted by molar-refractivity contribution is -0.136. The van der Waals surface area contributed by atoms with E-state index < -0.39 is 35.3 Å².